The van der Waals surface area contributed by atoms with Crippen molar-refractivity contribution in [3.8, 4) is 5.75 Å². The van der Waals surface area contributed by atoms with Crippen LogP contribution in [0.4, 0.5) is 9.18 Å². The zero-order chi connectivity index (χ0) is 27.7. The van der Waals surface area contributed by atoms with E-state index in [2.05, 4.69) is 10.6 Å². The Morgan fingerprint density at radius 3 is 2.33 bits per heavy atom. The van der Waals surface area contributed by atoms with Gasteiger partial charge in [0.25, 0.3) is 0 Å². The van der Waals surface area contributed by atoms with E-state index in [1.165, 1.54) is 29.2 Å². The van der Waals surface area contributed by atoms with E-state index in [-0.39, 0.29) is 48.1 Å². The zero-order valence-corrected chi connectivity index (χ0v) is 22.2. The molecule has 2 aromatic carbocycles. The molecule has 3 aliphatic heterocycles. The molecule has 2 aromatic rings. The fourth-order valence-electron chi connectivity index (χ4n) is 5.84. The van der Waals surface area contributed by atoms with Crippen LogP contribution in [0.2, 0.25) is 5.02 Å². The number of ketones is 1. The Morgan fingerprint density at radius 1 is 1.08 bits per heavy atom. The molecule has 0 aliphatic carbocycles. The molecule has 0 aromatic heterocycles. The molecule has 0 unspecified atom stereocenters. The van der Waals surface area contributed by atoms with Crippen molar-refractivity contribution in [3.05, 3.63) is 64.9 Å². The van der Waals surface area contributed by atoms with Crippen LogP contribution in [0.1, 0.15) is 30.7 Å². The number of halogens is 2. The number of nitrogens with zero attached hydrogens (tertiary/aromatic N) is 2. The first-order valence-electron chi connectivity index (χ1n) is 13.0. The lowest BCUT2D eigenvalue weighted by molar-refractivity contribution is -0.145. The van der Waals surface area contributed by atoms with Crippen molar-refractivity contribution in [2.24, 2.45) is 5.92 Å². The third-order valence-electron chi connectivity index (χ3n) is 8.11. The second-order valence-electron chi connectivity index (χ2n) is 10.3. The average Bonchev–Trinajstić information content (AvgIpc) is 3.38. The number of nitrogens with one attached hydrogen (secondary N) is 2. The lowest BCUT2D eigenvalue weighted by Gasteiger charge is -2.44. The van der Waals surface area contributed by atoms with E-state index in [9.17, 15) is 23.6 Å². The Kier molecular flexibility index (Phi) is 7.59. The summed E-state index contributed by atoms with van der Waals surface area (Å²) >= 11 is 6.12. The van der Waals surface area contributed by atoms with Crippen LogP contribution in [0.3, 0.4) is 0 Å². The fraction of sp³-hybridized carbons (Fsp3) is 0.429. The summed E-state index contributed by atoms with van der Waals surface area (Å²) in [6, 6.07) is 11.8. The molecule has 5 rings (SSSR count). The highest BCUT2D eigenvalue weighted by atomic mass is 35.5. The number of Topliss-reactive ketones (excluding diaryl/α,β-unsaturated/α-hetero) is 1. The quantitative estimate of drug-likeness (QED) is 0.530. The van der Waals surface area contributed by atoms with Crippen LogP contribution in [-0.4, -0.2) is 78.3 Å². The number of β-lactam (4-membered cyclic amide) rings is 1. The third-order valence-corrected chi connectivity index (χ3v) is 8.36. The summed E-state index contributed by atoms with van der Waals surface area (Å²) in [5, 5.41) is 6.48. The van der Waals surface area contributed by atoms with E-state index in [4.69, 9.17) is 16.3 Å². The molecule has 3 amide bonds. The second kappa shape index (κ2) is 10.9. The molecular formula is C28H30ClFN4O5. The summed E-state index contributed by atoms with van der Waals surface area (Å²) in [5.41, 5.74) is -0.406. The molecular weight excluding hydrogens is 527 g/mol. The van der Waals surface area contributed by atoms with Crippen molar-refractivity contribution in [2.75, 3.05) is 33.2 Å². The molecule has 0 spiro atoms. The molecule has 0 radical (unpaired) electrons. The molecule has 3 heterocycles. The van der Waals surface area contributed by atoms with Crippen LogP contribution < -0.4 is 15.4 Å². The molecule has 3 fully saturated rings. The van der Waals surface area contributed by atoms with Crippen LogP contribution in [0, 0.1) is 11.7 Å². The minimum Gasteiger partial charge on any atom is -0.410 e. The third kappa shape index (κ3) is 5.23. The van der Waals surface area contributed by atoms with E-state index in [0.29, 0.717) is 37.5 Å². The maximum atomic E-state index is 14.4. The highest BCUT2D eigenvalue weighted by Crippen LogP contribution is 2.41. The molecule has 3 saturated heterocycles. The Bertz CT molecular complexity index is 1260. The first kappa shape index (κ1) is 27.1. The minimum absolute atomic E-state index is 0.102. The Balaban J connectivity index is 1.39. The van der Waals surface area contributed by atoms with E-state index >= 15 is 0 Å². The van der Waals surface area contributed by atoms with E-state index < -0.39 is 23.5 Å². The van der Waals surface area contributed by atoms with Gasteiger partial charge in [-0.25, -0.2) is 9.18 Å². The van der Waals surface area contributed by atoms with Crippen LogP contribution in [0.5, 0.6) is 5.75 Å². The molecule has 3 aliphatic rings. The van der Waals surface area contributed by atoms with Gasteiger partial charge in [0, 0.05) is 50.1 Å². The largest absolute Gasteiger partial charge is 0.415 e. The summed E-state index contributed by atoms with van der Waals surface area (Å²) in [6.07, 6.45) is 0.351. The summed E-state index contributed by atoms with van der Waals surface area (Å²) in [6.45, 7) is 1.46. The second-order valence-corrected chi connectivity index (χ2v) is 10.8. The molecule has 0 saturated carbocycles. The zero-order valence-electron chi connectivity index (χ0n) is 21.5. The lowest BCUT2D eigenvalue weighted by Crippen LogP contribution is -2.63. The van der Waals surface area contributed by atoms with Gasteiger partial charge in [0.15, 0.2) is 5.78 Å². The number of amides is 3. The molecule has 9 nitrogen and oxygen atoms in total. The van der Waals surface area contributed by atoms with Crippen molar-refractivity contribution < 1.29 is 28.3 Å². The topological polar surface area (TPSA) is 108 Å². The first-order chi connectivity index (χ1) is 18.7. The van der Waals surface area contributed by atoms with Gasteiger partial charge in [0.1, 0.15) is 23.1 Å². The number of benzene rings is 2. The van der Waals surface area contributed by atoms with E-state index in [1.54, 1.807) is 24.1 Å². The molecule has 206 valence electrons. The number of hydrogen-bond donors (Lipinski definition) is 2. The molecule has 2 N–H and O–H groups in total. The Labute approximate surface area is 230 Å². The number of likely N-dealkylation sites (tertiary alicyclic amines) is 1. The number of rotatable bonds is 6. The van der Waals surface area contributed by atoms with Gasteiger partial charge in [0.05, 0.1) is 6.42 Å². The molecule has 3 atom stereocenters. The van der Waals surface area contributed by atoms with Crippen LogP contribution in [0.25, 0.3) is 0 Å². The fourth-order valence-corrected chi connectivity index (χ4v) is 5.97. The first-order valence-corrected chi connectivity index (χ1v) is 13.4. The maximum Gasteiger partial charge on any atom is 0.415 e. The number of carbonyl (C=O) groups excluding carboxylic acids is 4. The number of ether oxygens (including phenoxy) is 1. The predicted octanol–water partition coefficient (Wildman–Crippen LogP) is 2.73. The van der Waals surface area contributed by atoms with Crippen molar-refractivity contribution in [2.45, 2.75) is 36.8 Å². The molecule has 11 heteroatoms. The standard InChI is InChI=1S/C28H30ClFN4O5/c1-33(27(38)39-21-8-6-20(30)7-9-21)28(16-31-15-22(28)17-2-4-19(29)5-3-17)25(36)18-10-12-34(13-11-18)26(37)23-14-24(35)32-23/h2-9,18,22-23,31H,10-16H2,1H3,(H,32,35)/t22-,23-,28+/m0/s1. The highest BCUT2D eigenvalue weighted by Gasteiger charge is 2.56. The van der Waals surface area contributed by atoms with Crippen molar-refractivity contribution in [3.63, 3.8) is 0 Å². The monoisotopic (exact) mass is 556 g/mol. The Morgan fingerprint density at radius 2 is 1.72 bits per heavy atom. The summed E-state index contributed by atoms with van der Waals surface area (Å²) in [4.78, 5) is 54.8. The SMILES string of the molecule is CN(C(=O)Oc1ccc(F)cc1)[C@]1(C(=O)C2CCN(C(=O)[C@@H]3CC(=O)N3)CC2)CNC[C@H]1c1ccc(Cl)cc1. The lowest BCUT2D eigenvalue weighted by atomic mass is 9.72. The summed E-state index contributed by atoms with van der Waals surface area (Å²) in [5.74, 6) is -1.43. The van der Waals surface area contributed by atoms with Gasteiger partial charge in [-0.1, -0.05) is 23.7 Å². The van der Waals surface area contributed by atoms with Crippen LogP contribution >= 0.6 is 11.6 Å². The Hall–Kier alpha value is -3.50. The van der Waals surface area contributed by atoms with Crippen LogP contribution in [-0.2, 0) is 14.4 Å². The number of carbonyl (C=O) groups is 4. The summed E-state index contributed by atoms with van der Waals surface area (Å²) in [7, 11) is 1.55. The highest BCUT2D eigenvalue weighted by molar-refractivity contribution is 6.30. The molecule has 39 heavy (non-hydrogen) atoms. The van der Waals surface area contributed by atoms with Gasteiger partial charge in [-0.05, 0) is 54.8 Å². The van der Waals surface area contributed by atoms with Crippen molar-refractivity contribution in [1.29, 1.82) is 0 Å². The molecule has 0 bridgehead atoms. The summed E-state index contributed by atoms with van der Waals surface area (Å²) < 4.78 is 18.9. The van der Waals surface area contributed by atoms with Gasteiger partial charge in [-0.3, -0.25) is 19.3 Å². The number of piperidine rings is 1. The van der Waals surface area contributed by atoms with Crippen molar-refractivity contribution >= 4 is 35.3 Å². The van der Waals surface area contributed by atoms with Gasteiger partial charge < -0.3 is 20.3 Å². The van der Waals surface area contributed by atoms with Gasteiger partial charge in [-0.2, -0.15) is 0 Å². The predicted molar refractivity (Wildman–Crippen MR) is 141 cm³/mol. The minimum atomic E-state index is -1.26. The maximum absolute atomic E-state index is 14.4. The van der Waals surface area contributed by atoms with E-state index in [1.807, 2.05) is 12.1 Å². The average molecular weight is 557 g/mol. The van der Waals surface area contributed by atoms with Gasteiger partial charge >= 0.3 is 6.09 Å². The number of likely N-dealkylation sites (N-methyl/N-ethyl adjacent to an activating group) is 1. The number of hydrogen-bond acceptors (Lipinski definition) is 6. The normalized spacial score (nSPS) is 25.0. The van der Waals surface area contributed by atoms with Gasteiger partial charge in [0.2, 0.25) is 11.8 Å². The van der Waals surface area contributed by atoms with Crippen LogP contribution in [0.15, 0.2) is 48.5 Å². The van der Waals surface area contributed by atoms with Crippen molar-refractivity contribution in [1.82, 2.24) is 20.4 Å². The van der Waals surface area contributed by atoms with Gasteiger partial charge in [-0.15, -0.1) is 0 Å². The van der Waals surface area contributed by atoms with E-state index in [0.717, 1.165) is 5.56 Å². The smallest absolute Gasteiger partial charge is 0.410 e.